The Labute approximate surface area is 148 Å². The number of aryl methyl sites for hydroxylation is 2. The van der Waals surface area contributed by atoms with Crippen LogP contribution in [0.1, 0.15) is 45.8 Å². The smallest absolute Gasteiger partial charge is 0.356 e. The first kappa shape index (κ1) is 16.2. The second kappa shape index (κ2) is 6.23. The van der Waals surface area contributed by atoms with Crippen LogP contribution in [0.2, 0.25) is 0 Å². The fraction of sp³-hybridized carbons (Fsp3) is 0.500. The second-order valence-electron chi connectivity index (χ2n) is 6.30. The van der Waals surface area contributed by atoms with Gasteiger partial charge in [0.05, 0.1) is 11.9 Å². The van der Waals surface area contributed by atoms with Crippen LogP contribution in [0.4, 0.5) is 0 Å². The van der Waals surface area contributed by atoms with E-state index >= 15 is 0 Å². The standard InChI is InChI=1S/C16H20N6O2S/c1-3-21-13-5-4-10(6-12(13)14(20-21)15(23)24)17-7-11-8-22-16(18-11)25-9(2)19-22/h8,10,17H,3-7H2,1-2H3,(H,23,24)/t10-/m1/s1. The van der Waals surface area contributed by atoms with Crippen molar-refractivity contribution >= 4 is 22.3 Å². The zero-order chi connectivity index (χ0) is 17.6. The molecular formula is C16H20N6O2S. The molecule has 0 aromatic carbocycles. The number of aromatic carboxylic acids is 1. The normalized spacial score (nSPS) is 17.1. The average Bonchev–Trinajstić information content (AvgIpc) is 3.22. The Balaban J connectivity index is 1.47. The zero-order valence-corrected chi connectivity index (χ0v) is 15.0. The van der Waals surface area contributed by atoms with Crippen molar-refractivity contribution in [3.8, 4) is 0 Å². The summed E-state index contributed by atoms with van der Waals surface area (Å²) in [6, 6.07) is 0.231. The van der Waals surface area contributed by atoms with Crippen molar-refractivity contribution in [2.75, 3.05) is 0 Å². The van der Waals surface area contributed by atoms with Crippen LogP contribution < -0.4 is 5.32 Å². The maximum Gasteiger partial charge on any atom is 0.356 e. The fourth-order valence-corrected chi connectivity index (χ4v) is 4.22. The van der Waals surface area contributed by atoms with E-state index in [9.17, 15) is 9.90 Å². The van der Waals surface area contributed by atoms with Gasteiger partial charge in [-0.2, -0.15) is 10.2 Å². The Morgan fingerprint density at radius 3 is 3.04 bits per heavy atom. The highest BCUT2D eigenvalue weighted by Crippen LogP contribution is 2.25. The third-order valence-electron chi connectivity index (χ3n) is 4.61. The number of carbonyl (C=O) groups is 1. The summed E-state index contributed by atoms with van der Waals surface area (Å²) in [6.45, 7) is 5.31. The van der Waals surface area contributed by atoms with Crippen LogP contribution in [0.25, 0.3) is 4.96 Å². The van der Waals surface area contributed by atoms with Gasteiger partial charge in [0.1, 0.15) is 5.01 Å². The quantitative estimate of drug-likeness (QED) is 0.718. The van der Waals surface area contributed by atoms with Gasteiger partial charge in [-0.25, -0.2) is 14.3 Å². The van der Waals surface area contributed by atoms with Crippen molar-refractivity contribution in [1.29, 1.82) is 0 Å². The predicted octanol–water partition coefficient (Wildman–Crippen LogP) is 1.66. The molecule has 0 fully saturated rings. The Morgan fingerprint density at radius 2 is 2.32 bits per heavy atom. The molecule has 4 rings (SSSR count). The number of carboxylic acid groups (broad SMARTS) is 1. The Kier molecular flexibility index (Phi) is 4.04. The summed E-state index contributed by atoms with van der Waals surface area (Å²) in [5.74, 6) is -0.945. The van der Waals surface area contributed by atoms with E-state index in [1.54, 1.807) is 11.3 Å². The van der Waals surface area contributed by atoms with Gasteiger partial charge < -0.3 is 10.4 Å². The number of fused-ring (bicyclic) bond motifs is 2. The van der Waals surface area contributed by atoms with Gasteiger partial charge in [-0.15, -0.1) is 0 Å². The SMILES string of the molecule is CCn1nc(C(=O)O)c2c1CC[C@@H](NCc1cn3nc(C)sc3n1)C2. The van der Waals surface area contributed by atoms with Gasteiger partial charge in [0.2, 0.25) is 4.96 Å². The molecule has 1 atom stereocenters. The van der Waals surface area contributed by atoms with Crippen molar-refractivity contribution < 1.29 is 9.90 Å². The summed E-state index contributed by atoms with van der Waals surface area (Å²) in [5.41, 5.74) is 3.10. The number of carboxylic acids is 1. The third kappa shape index (κ3) is 2.93. The van der Waals surface area contributed by atoms with E-state index in [0.29, 0.717) is 19.5 Å². The van der Waals surface area contributed by atoms with Crippen LogP contribution in [0.15, 0.2) is 6.20 Å². The van der Waals surface area contributed by atoms with Crippen LogP contribution in [0.3, 0.4) is 0 Å². The van der Waals surface area contributed by atoms with Gasteiger partial charge in [0, 0.05) is 30.4 Å². The molecule has 132 valence electrons. The van der Waals surface area contributed by atoms with Crippen LogP contribution in [0, 0.1) is 6.92 Å². The molecule has 1 aliphatic carbocycles. The Hall–Kier alpha value is -2.26. The Morgan fingerprint density at radius 1 is 1.48 bits per heavy atom. The average molecular weight is 360 g/mol. The molecule has 0 amide bonds. The molecule has 1 aliphatic rings. The highest BCUT2D eigenvalue weighted by atomic mass is 32.1. The van der Waals surface area contributed by atoms with Crippen molar-refractivity contribution in [2.24, 2.45) is 0 Å². The van der Waals surface area contributed by atoms with Gasteiger partial charge >= 0.3 is 5.97 Å². The maximum absolute atomic E-state index is 11.5. The van der Waals surface area contributed by atoms with E-state index < -0.39 is 5.97 Å². The largest absolute Gasteiger partial charge is 0.476 e. The summed E-state index contributed by atoms with van der Waals surface area (Å²) in [4.78, 5) is 16.9. The lowest BCUT2D eigenvalue weighted by molar-refractivity contribution is 0.0688. The van der Waals surface area contributed by atoms with Gasteiger partial charge in [-0.05, 0) is 33.1 Å². The summed E-state index contributed by atoms with van der Waals surface area (Å²) in [5, 5.41) is 22.5. The molecule has 0 bridgehead atoms. The second-order valence-corrected chi connectivity index (χ2v) is 7.46. The van der Waals surface area contributed by atoms with Crippen molar-refractivity contribution in [3.05, 3.63) is 33.8 Å². The molecule has 25 heavy (non-hydrogen) atoms. The van der Waals surface area contributed by atoms with Gasteiger partial charge in [-0.3, -0.25) is 4.68 Å². The fourth-order valence-electron chi connectivity index (χ4n) is 3.47. The lowest BCUT2D eigenvalue weighted by atomic mass is 9.91. The van der Waals surface area contributed by atoms with Gasteiger partial charge in [-0.1, -0.05) is 11.3 Å². The maximum atomic E-state index is 11.5. The number of nitrogens with zero attached hydrogens (tertiary/aromatic N) is 5. The highest BCUT2D eigenvalue weighted by molar-refractivity contribution is 7.16. The van der Waals surface area contributed by atoms with Crippen LogP contribution in [-0.4, -0.2) is 41.5 Å². The molecule has 3 heterocycles. The predicted molar refractivity (Wildman–Crippen MR) is 93.1 cm³/mol. The number of imidazole rings is 1. The first-order valence-electron chi connectivity index (χ1n) is 8.42. The zero-order valence-electron chi connectivity index (χ0n) is 14.2. The highest BCUT2D eigenvalue weighted by Gasteiger charge is 2.28. The molecule has 2 N–H and O–H groups in total. The number of hydrogen-bond acceptors (Lipinski definition) is 6. The molecule has 3 aromatic heterocycles. The molecule has 0 saturated carbocycles. The number of hydrogen-bond donors (Lipinski definition) is 2. The lowest BCUT2D eigenvalue weighted by Gasteiger charge is -2.24. The minimum Gasteiger partial charge on any atom is -0.476 e. The first-order chi connectivity index (χ1) is 12.0. The van der Waals surface area contributed by atoms with Crippen LogP contribution in [-0.2, 0) is 25.9 Å². The first-order valence-corrected chi connectivity index (χ1v) is 9.23. The molecular weight excluding hydrogens is 340 g/mol. The molecule has 9 heteroatoms. The summed E-state index contributed by atoms with van der Waals surface area (Å²) >= 11 is 1.57. The van der Waals surface area contributed by atoms with Gasteiger partial charge in [0.25, 0.3) is 0 Å². The monoisotopic (exact) mass is 360 g/mol. The third-order valence-corrected chi connectivity index (χ3v) is 5.45. The Bertz CT molecular complexity index is 909. The van der Waals surface area contributed by atoms with E-state index in [4.69, 9.17) is 0 Å². The number of aromatic nitrogens is 5. The van der Waals surface area contributed by atoms with E-state index in [-0.39, 0.29) is 11.7 Å². The van der Waals surface area contributed by atoms with Crippen LogP contribution >= 0.6 is 11.3 Å². The van der Waals surface area contributed by atoms with E-state index in [0.717, 1.165) is 39.8 Å². The van der Waals surface area contributed by atoms with Gasteiger partial charge in [0.15, 0.2) is 5.69 Å². The molecule has 0 radical (unpaired) electrons. The summed E-state index contributed by atoms with van der Waals surface area (Å²) in [7, 11) is 0. The van der Waals surface area contributed by atoms with Crippen LogP contribution in [0.5, 0.6) is 0 Å². The molecule has 0 aliphatic heterocycles. The van der Waals surface area contributed by atoms with Crippen molar-refractivity contribution in [1.82, 2.24) is 29.7 Å². The molecule has 3 aromatic rings. The van der Waals surface area contributed by atoms with E-state index in [1.165, 1.54) is 0 Å². The minimum absolute atomic E-state index is 0.200. The minimum atomic E-state index is -0.945. The van der Waals surface area contributed by atoms with E-state index in [2.05, 4.69) is 20.5 Å². The summed E-state index contributed by atoms with van der Waals surface area (Å²) < 4.78 is 3.64. The number of nitrogens with one attached hydrogen (secondary N) is 1. The van der Waals surface area contributed by atoms with Crippen molar-refractivity contribution in [3.63, 3.8) is 0 Å². The van der Waals surface area contributed by atoms with Crippen molar-refractivity contribution in [2.45, 2.75) is 52.2 Å². The molecule has 0 unspecified atom stereocenters. The topological polar surface area (TPSA) is 97.3 Å². The molecule has 8 nitrogen and oxygen atoms in total. The number of rotatable bonds is 5. The van der Waals surface area contributed by atoms with E-state index in [1.807, 2.05) is 29.2 Å². The molecule has 0 saturated heterocycles. The molecule has 0 spiro atoms. The summed E-state index contributed by atoms with van der Waals surface area (Å²) in [6.07, 6.45) is 4.45. The lowest BCUT2D eigenvalue weighted by Crippen LogP contribution is -2.34.